The quantitative estimate of drug-likeness (QED) is 0.741. The van der Waals surface area contributed by atoms with Gasteiger partial charge in [0.25, 0.3) is 0 Å². The first-order valence-corrected chi connectivity index (χ1v) is 6.63. The summed E-state index contributed by atoms with van der Waals surface area (Å²) in [6, 6.07) is 7.67. The van der Waals surface area contributed by atoms with Gasteiger partial charge in [0.15, 0.2) is 0 Å². The molecule has 1 rings (SSSR count). The van der Waals surface area contributed by atoms with E-state index in [1.165, 1.54) is 6.92 Å². The number of hydrogen-bond acceptors (Lipinski definition) is 3. The van der Waals surface area contributed by atoms with Crippen molar-refractivity contribution in [3.63, 3.8) is 0 Å². The molecule has 1 aromatic carbocycles. The highest BCUT2D eigenvalue weighted by Gasteiger charge is 2.25. The normalized spacial score (nSPS) is 12.8. The molecular formula is C15H23N3O2. The van der Waals surface area contributed by atoms with E-state index in [0.717, 1.165) is 11.3 Å². The minimum Gasteiger partial charge on any atom is -0.369 e. The summed E-state index contributed by atoms with van der Waals surface area (Å²) >= 11 is 0. The van der Waals surface area contributed by atoms with E-state index >= 15 is 0 Å². The third kappa shape index (κ3) is 4.66. The number of rotatable bonds is 6. The molecule has 4 N–H and O–H groups in total. The zero-order chi connectivity index (χ0) is 15.3. The Bertz CT molecular complexity index is 498. The number of nitrogens with two attached hydrogens (primary N) is 1. The number of primary amides is 1. The van der Waals surface area contributed by atoms with Crippen LogP contribution in [0.1, 0.15) is 39.3 Å². The molecule has 0 aliphatic carbocycles. The molecule has 5 heteroatoms. The lowest BCUT2D eigenvalue weighted by Crippen LogP contribution is -2.41. The molecule has 5 nitrogen and oxygen atoms in total. The summed E-state index contributed by atoms with van der Waals surface area (Å²) in [5, 5.41) is 6.04. The highest BCUT2D eigenvalue weighted by molar-refractivity contribution is 5.88. The van der Waals surface area contributed by atoms with E-state index in [2.05, 4.69) is 10.6 Å². The molecule has 1 unspecified atom stereocenters. The summed E-state index contributed by atoms with van der Waals surface area (Å²) in [7, 11) is 0. The van der Waals surface area contributed by atoms with Crippen LogP contribution in [-0.2, 0) is 9.59 Å². The van der Waals surface area contributed by atoms with Gasteiger partial charge in [0, 0.05) is 25.2 Å². The lowest BCUT2D eigenvalue weighted by molar-refractivity contribution is -0.125. The second-order valence-electron chi connectivity index (χ2n) is 5.66. The van der Waals surface area contributed by atoms with Crippen molar-refractivity contribution in [2.24, 2.45) is 11.1 Å². The topological polar surface area (TPSA) is 84.2 Å². The van der Waals surface area contributed by atoms with Crippen LogP contribution in [0.3, 0.4) is 0 Å². The Balaban J connectivity index is 2.70. The molecular weight excluding hydrogens is 254 g/mol. The molecule has 0 radical (unpaired) electrons. The third-order valence-electron chi connectivity index (χ3n) is 3.22. The van der Waals surface area contributed by atoms with E-state index in [0.29, 0.717) is 6.54 Å². The Hall–Kier alpha value is -1.88. The molecule has 0 spiro atoms. The zero-order valence-corrected chi connectivity index (χ0v) is 12.5. The van der Waals surface area contributed by atoms with Crippen LogP contribution >= 0.6 is 0 Å². The van der Waals surface area contributed by atoms with Gasteiger partial charge in [-0.25, -0.2) is 0 Å². The maximum atomic E-state index is 11.3. The van der Waals surface area contributed by atoms with Crippen LogP contribution in [0.2, 0.25) is 0 Å². The molecule has 0 aromatic heterocycles. The average molecular weight is 277 g/mol. The Kier molecular flexibility index (Phi) is 5.27. The van der Waals surface area contributed by atoms with Gasteiger partial charge in [0.05, 0.1) is 5.41 Å². The third-order valence-corrected chi connectivity index (χ3v) is 3.22. The fourth-order valence-electron chi connectivity index (χ4n) is 1.70. The average Bonchev–Trinajstić information content (AvgIpc) is 2.35. The lowest BCUT2D eigenvalue weighted by Gasteiger charge is -2.24. The monoisotopic (exact) mass is 277 g/mol. The van der Waals surface area contributed by atoms with E-state index < -0.39 is 5.41 Å². The van der Waals surface area contributed by atoms with Gasteiger partial charge < -0.3 is 16.4 Å². The van der Waals surface area contributed by atoms with E-state index in [1.54, 1.807) is 0 Å². The van der Waals surface area contributed by atoms with Crippen molar-refractivity contribution < 1.29 is 9.59 Å². The molecule has 0 saturated heterocycles. The molecule has 0 aliphatic rings. The molecule has 2 amide bonds. The predicted molar refractivity (Wildman–Crippen MR) is 80.1 cm³/mol. The first-order valence-electron chi connectivity index (χ1n) is 6.63. The van der Waals surface area contributed by atoms with Crippen LogP contribution in [0.5, 0.6) is 0 Å². The zero-order valence-electron chi connectivity index (χ0n) is 12.5. The Morgan fingerprint density at radius 2 is 2.00 bits per heavy atom. The Morgan fingerprint density at radius 1 is 1.35 bits per heavy atom. The second kappa shape index (κ2) is 6.52. The van der Waals surface area contributed by atoms with E-state index in [-0.39, 0.29) is 17.9 Å². The van der Waals surface area contributed by atoms with Gasteiger partial charge in [-0.2, -0.15) is 0 Å². The van der Waals surface area contributed by atoms with Gasteiger partial charge in [0.1, 0.15) is 0 Å². The molecule has 1 aromatic rings. The van der Waals surface area contributed by atoms with Crippen LogP contribution in [0.25, 0.3) is 0 Å². The van der Waals surface area contributed by atoms with Crippen molar-refractivity contribution in [2.75, 3.05) is 11.9 Å². The molecule has 0 fully saturated rings. The first-order chi connectivity index (χ1) is 9.22. The van der Waals surface area contributed by atoms with Gasteiger partial charge in [-0.15, -0.1) is 0 Å². The number of hydrogen-bond donors (Lipinski definition) is 3. The Labute approximate surface area is 119 Å². The number of carbonyl (C=O) groups excluding carboxylic acids is 2. The van der Waals surface area contributed by atoms with Gasteiger partial charge in [0.2, 0.25) is 11.8 Å². The smallest absolute Gasteiger partial charge is 0.224 e. The molecule has 1 atom stereocenters. The highest BCUT2D eigenvalue weighted by atomic mass is 16.1. The van der Waals surface area contributed by atoms with Gasteiger partial charge >= 0.3 is 0 Å². The first kappa shape index (κ1) is 16.2. The molecule has 0 aliphatic heterocycles. The summed E-state index contributed by atoms with van der Waals surface area (Å²) in [5.41, 5.74) is 6.55. The van der Waals surface area contributed by atoms with Crippen LogP contribution in [-0.4, -0.2) is 18.4 Å². The number of nitrogens with one attached hydrogen (secondary N) is 2. The number of benzene rings is 1. The molecule has 110 valence electrons. The largest absolute Gasteiger partial charge is 0.369 e. The highest BCUT2D eigenvalue weighted by Crippen LogP contribution is 2.19. The second-order valence-corrected chi connectivity index (χ2v) is 5.66. The summed E-state index contributed by atoms with van der Waals surface area (Å²) in [5.74, 6) is -0.429. The Morgan fingerprint density at radius 3 is 2.55 bits per heavy atom. The summed E-state index contributed by atoms with van der Waals surface area (Å²) in [6.07, 6.45) is 0. The van der Waals surface area contributed by atoms with Crippen molar-refractivity contribution in [3.05, 3.63) is 29.8 Å². The van der Waals surface area contributed by atoms with E-state index in [1.807, 2.05) is 45.0 Å². The molecule has 0 heterocycles. The SMILES string of the molecule is CC(=O)Nc1cccc(C(C)NCC(C)(C)C(N)=O)c1. The van der Waals surface area contributed by atoms with Crippen LogP contribution in [0.15, 0.2) is 24.3 Å². The molecule has 0 saturated carbocycles. The van der Waals surface area contributed by atoms with Crippen LogP contribution in [0, 0.1) is 5.41 Å². The molecule has 0 bridgehead atoms. The van der Waals surface area contributed by atoms with E-state index in [9.17, 15) is 9.59 Å². The van der Waals surface area contributed by atoms with Crippen molar-refractivity contribution in [1.29, 1.82) is 0 Å². The van der Waals surface area contributed by atoms with Crippen LogP contribution < -0.4 is 16.4 Å². The predicted octanol–water partition coefficient (Wildman–Crippen LogP) is 1.81. The standard InChI is InChI=1S/C15H23N3O2/c1-10(17-9-15(3,4)14(16)20)12-6-5-7-13(8-12)18-11(2)19/h5-8,10,17H,9H2,1-4H3,(H2,16,20)(H,18,19). The van der Waals surface area contributed by atoms with Crippen molar-refractivity contribution >= 4 is 17.5 Å². The van der Waals surface area contributed by atoms with Gasteiger partial charge in [-0.3, -0.25) is 9.59 Å². The van der Waals surface area contributed by atoms with Crippen molar-refractivity contribution in [2.45, 2.75) is 33.7 Å². The minimum atomic E-state index is -0.594. The van der Waals surface area contributed by atoms with Gasteiger partial charge in [-0.05, 0) is 38.5 Å². The minimum absolute atomic E-state index is 0.0577. The maximum absolute atomic E-state index is 11.3. The summed E-state index contributed by atoms with van der Waals surface area (Å²) < 4.78 is 0. The van der Waals surface area contributed by atoms with Crippen molar-refractivity contribution in [1.82, 2.24) is 5.32 Å². The van der Waals surface area contributed by atoms with Crippen LogP contribution in [0.4, 0.5) is 5.69 Å². The maximum Gasteiger partial charge on any atom is 0.224 e. The van der Waals surface area contributed by atoms with E-state index in [4.69, 9.17) is 5.73 Å². The fourth-order valence-corrected chi connectivity index (χ4v) is 1.70. The lowest BCUT2D eigenvalue weighted by atomic mass is 9.92. The number of amides is 2. The number of anilines is 1. The number of carbonyl (C=O) groups is 2. The van der Waals surface area contributed by atoms with Crippen molar-refractivity contribution in [3.8, 4) is 0 Å². The molecule has 20 heavy (non-hydrogen) atoms. The summed E-state index contributed by atoms with van der Waals surface area (Å²) in [6.45, 7) is 7.59. The summed E-state index contributed by atoms with van der Waals surface area (Å²) in [4.78, 5) is 22.3. The fraction of sp³-hybridized carbons (Fsp3) is 0.467. The van der Waals surface area contributed by atoms with Gasteiger partial charge in [-0.1, -0.05) is 12.1 Å².